The van der Waals surface area contributed by atoms with Crippen LogP contribution in [0.2, 0.25) is 0 Å². The second-order valence-electron chi connectivity index (χ2n) is 6.98. The minimum atomic E-state index is -0.242. The van der Waals surface area contributed by atoms with Gasteiger partial charge in [-0.1, -0.05) is 0 Å². The van der Waals surface area contributed by atoms with Crippen LogP contribution in [0.5, 0.6) is 0 Å². The zero-order valence-corrected chi connectivity index (χ0v) is 16.1. The number of hydrogen-bond acceptors (Lipinski definition) is 4. The molecule has 1 aliphatic rings. The maximum atomic E-state index is 12.4. The van der Waals surface area contributed by atoms with Crippen LogP contribution in [0, 0.1) is 5.21 Å². The third kappa shape index (κ3) is 3.77. The average molecular weight is 388 g/mol. The molecule has 0 saturated carbocycles. The minimum Gasteiger partial charge on any atom is -0.619 e. The van der Waals surface area contributed by atoms with Crippen LogP contribution < -0.4 is 10.0 Å². The summed E-state index contributed by atoms with van der Waals surface area (Å²) in [6.07, 6.45) is 5.61. The van der Waals surface area contributed by atoms with Crippen LogP contribution in [0.4, 0.5) is 5.69 Å². The normalized spacial score (nSPS) is 16.0. The summed E-state index contributed by atoms with van der Waals surface area (Å²) in [7, 11) is 4.21. The number of nitrogens with zero attached hydrogens (tertiary/aromatic N) is 2. The number of rotatable bonds is 3. The molecule has 1 aliphatic carbocycles. The number of halogens is 1. The average Bonchev–Trinajstić information content (AvgIpc) is 2.99. The number of hydrogen-bond donors (Lipinski definition) is 1. The number of aryl methyl sites for hydroxylation is 1. The van der Waals surface area contributed by atoms with Crippen LogP contribution in [0.25, 0.3) is 11.0 Å². The van der Waals surface area contributed by atoms with Gasteiger partial charge in [-0.25, -0.2) is 0 Å². The van der Waals surface area contributed by atoms with Crippen molar-refractivity contribution in [1.82, 2.24) is 4.90 Å². The molecule has 1 amide bonds. The highest BCUT2D eigenvalue weighted by Crippen LogP contribution is 2.34. The van der Waals surface area contributed by atoms with Gasteiger partial charge in [-0.2, -0.15) is 4.73 Å². The Morgan fingerprint density at radius 3 is 2.70 bits per heavy atom. The second-order valence-corrected chi connectivity index (χ2v) is 6.98. The molecule has 0 radical (unpaired) electrons. The number of fused-ring (bicyclic) bond motifs is 3. The van der Waals surface area contributed by atoms with Crippen molar-refractivity contribution in [2.24, 2.45) is 0 Å². The summed E-state index contributed by atoms with van der Waals surface area (Å²) in [5, 5.41) is 15.1. The Balaban J connectivity index is 0.00000210. The molecule has 6 nitrogen and oxygen atoms in total. The van der Waals surface area contributed by atoms with E-state index in [4.69, 9.17) is 4.42 Å². The lowest BCUT2D eigenvalue weighted by Gasteiger charge is -2.27. The molecule has 4 rings (SSSR count). The SMILES string of the molecule is CN(C)C1CCc2oc3ccc(NC(=O)c4cc[n+]([O-])cc4)cc3c2C1.Cl. The van der Waals surface area contributed by atoms with E-state index in [2.05, 4.69) is 24.3 Å². The number of carbonyl (C=O) groups excluding carboxylic acids is 1. The Morgan fingerprint density at radius 2 is 2.00 bits per heavy atom. The first kappa shape index (κ1) is 19.2. The van der Waals surface area contributed by atoms with Gasteiger partial charge < -0.3 is 19.8 Å². The fourth-order valence-electron chi connectivity index (χ4n) is 3.55. The fraction of sp³-hybridized carbons (Fsp3) is 0.300. The standard InChI is InChI=1S/C20H21N3O3.ClH/c1-22(2)15-4-6-19-17(12-15)16-11-14(3-5-18(16)26-19)21-20(24)13-7-9-23(25)10-8-13;/h3,5,7-11,15H,4,6,12H2,1-2H3,(H,21,24);1H. The van der Waals surface area contributed by atoms with E-state index in [0.29, 0.717) is 16.3 Å². The number of amides is 1. The first-order chi connectivity index (χ1) is 12.5. The molecule has 2 heterocycles. The molecule has 2 aromatic heterocycles. The van der Waals surface area contributed by atoms with Gasteiger partial charge in [-0.3, -0.25) is 4.79 Å². The number of furan rings is 1. The van der Waals surface area contributed by atoms with Gasteiger partial charge in [-0.15, -0.1) is 12.4 Å². The van der Waals surface area contributed by atoms with Crippen LogP contribution in [0.1, 0.15) is 28.1 Å². The molecule has 142 valence electrons. The van der Waals surface area contributed by atoms with E-state index in [0.717, 1.165) is 41.7 Å². The molecule has 27 heavy (non-hydrogen) atoms. The predicted octanol–water partition coefficient (Wildman–Crippen LogP) is 3.16. The van der Waals surface area contributed by atoms with Gasteiger partial charge in [0.15, 0.2) is 12.4 Å². The smallest absolute Gasteiger partial charge is 0.256 e. The summed E-state index contributed by atoms with van der Waals surface area (Å²) in [5.41, 5.74) is 3.27. The highest BCUT2D eigenvalue weighted by molar-refractivity contribution is 6.05. The second kappa shape index (κ2) is 7.58. The van der Waals surface area contributed by atoms with Crippen molar-refractivity contribution in [3.63, 3.8) is 0 Å². The quantitative estimate of drug-likeness (QED) is 0.553. The van der Waals surface area contributed by atoms with E-state index >= 15 is 0 Å². The molecule has 1 atom stereocenters. The zero-order chi connectivity index (χ0) is 18.3. The third-order valence-electron chi connectivity index (χ3n) is 5.07. The molecule has 3 aromatic rings. The Labute approximate surface area is 163 Å². The van der Waals surface area contributed by atoms with Gasteiger partial charge in [0.2, 0.25) is 0 Å². The van der Waals surface area contributed by atoms with Crippen molar-refractivity contribution in [2.45, 2.75) is 25.3 Å². The first-order valence-electron chi connectivity index (χ1n) is 8.72. The van der Waals surface area contributed by atoms with Crippen LogP contribution in [0.3, 0.4) is 0 Å². The molecule has 1 N–H and O–H groups in total. The van der Waals surface area contributed by atoms with Gasteiger partial charge in [0.05, 0.1) is 5.56 Å². The largest absolute Gasteiger partial charge is 0.619 e. The molecule has 0 fully saturated rings. The molecule has 0 saturated heterocycles. The fourth-order valence-corrected chi connectivity index (χ4v) is 3.55. The van der Waals surface area contributed by atoms with Crippen LogP contribution in [0.15, 0.2) is 47.1 Å². The Morgan fingerprint density at radius 1 is 1.26 bits per heavy atom. The lowest BCUT2D eigenvalue weighted by atomic mass is 9.91. The molecule has 1 unspecified atom stereocenters. The van der Waals surface area contributed by atoms with Gasteiger partial charge in [0.25, 0.3) is 5.91 Å². The summed E-state index contributed by atoms with van der Waals surface area (Å²) < 4.78 is 6.66. The van der Waals surface area contributed by atoms with Gasteiger partial charge in [-0.05, 0) is 45.1 Å². The molecular formula is C20H22ClN3O3. The maximum absolute atomic E-state index is 12.4. The number of benzene rings is 1. The molecule has 0 aliphatic heterocycles. The van der Waals surface area contributed by atoms with E-state index in [1.807, 2.05) is 18.2 Å². The number of likely N-dealkylation sites (N-methyl/N-ethyl adjacent to an activating group) is 1. The summed E-state index contributed by atoms with van der Waals surface area (Å²) in [5.74, 6) is 0.818. The van der Waals surface area contributed by atoms with Crippen LogP contribution >= 0.6 is 12.4 Å². The monoisotopic (exact) mass is 387 g/mol. The van der Waals surface area contributed by atoms with Crippen molar-refractivity contribution < 1.29 is 13.9 Å². The number of anilines is 1. The number of nitrogens with one attached hydrogen (secondary N) is 1. The lowest BCUT2D eigenvalue weighted by molar-refractivity contribution is -0.605. The molecule has 0 spiro atoms. The topological polar surface area (TPSA) is 72.4 Å². The summed E-state index contributed by atoms with van der Waals surface area (Å²) in [6.45, 7) is 0. The Kier molecular flexibility index (Phi) is 5.39. The molecule has 0 bridgehead atoms. The van der Waals surface area contributed by atoms with Crippen molar-refractivity contribution in [3.8, 4) is 0 Å². The summed E-state index contributed by atoms with van der Waals surface area (Å²) in [6, 6.07) is 9.24. The zero-order valence-electron chi connectivity index (χ0n) is 15.3. The van der Waals surface area contributed by atoms with Gasteiger partial charge >= 0.3 is 0 Å². The van der Waals surface area contributed by atoms with Crippen molar-refractivity contribution in [2.75, 3.05) is 19.4 Å². The van der Waals surface area contributed by atoms with Crippen molar-refractivity contribution in [3.05, 3.63) is 64.8 Å². The van der Waals surface area contributed by atoms with Crippen molar-refractivity contribution >= 4 is 35.0 Å². The van der Waals surface area contributed by atoms with Gasteiger partial charge in [0, 0.05) is 41.2 Å². The minimum absolute atomic E-state index is 0. The van der Waals surface area contributed by atoms with Crippen LogP contribution in [-0.2, 0) is 12.8 Å². The summed E-state index contributed by atoms with van der Waals surface area (Å²) >= 11 is 0. The lowest BCUT2D eigenvalue weighted by Crippen LogP contribution is -2.33. The third-order valence-corrected chi connectivity index (χ3v) is 5.07. The Bertz CT molecular complexity index is 967. The van der Waals surface area contributed by atoms with Crippen molar-refractivity contribution in [1.29, 1.82) is 0 Å². The maximum Gasteiger partial charge on any atom is 0.256 e. The van der Waals surface area contributed by atoms with E-state index in [-0.39, 0.29) is 18.3 Å². The highest BCUT2D eigenvalue weighted by atomic mass is 35.5. The van der Waals surface area contributed by atoms with Crippen LogP contribution in [-0.4, -0.2) is 30.9 Å². The first-order valence-corrected chi connectivity index (χ1v) is 8.72. The number of pyridine rings is 1. The predicted molar refractivity (Wildman–Crippen MR) is 106 cm³/mol. The molecular weight excluding hydrogens is 366 g/mol. The number of aromatic nitrogens is 1. The van der Waals surface area contributed by atoms with Gasteiger partial charge in [0.1, 0.15) is 11.3 Å². The molecule has 1 aromatic carbocycles. The Hall–Kier alpha value is -2.57. The van der Waals surface area contributed by atoms with E-state index in [1.54, 1.807) is 0 Å². The molecule has 7 heteroatoms. The van der Waals surface area contributed by atoms with E-state index < -0.39 is 0 Å². The number of carbonyl (C=O) groups is 1. The van der Waals surface area contributed by atoms with E-state index in [1.165, 1.54) is 30.1 Å². The highest BCUT2D eigenvalue weighted by Gasteiger charge is 2.25. The van der Waals surface area contributed by atoms with E-state index in [9.17, 15) is 10.0 Å². The summed E-state index contributed by atoms with van der Waals surface area (Å²) in [4.78, 5) is 14.6.